The van der Waals surface area contributed by atoms with Crippen molar-refractivity contribution in [1.82, 2.24) is 30.4 Å². The second-order valence-electron chi connectivity index (χ2n) is 19.7. The molecule has 4 aromatic carbocycles. The number of piperidine rings is 2. The maximum atomic E-state index is 14.1. The average Bonchev–Trinajstić information content (AvgIpc) is 4.21. The molecule has 4 bridgehead atoms. The highest BCUT2D eigenvalue weighted by atomic mass is 16.5. The highest BCUT2D eigenvalue weighted by molar-refractivity contribution is 6.02. The quantitative estimate of drug-likeness (QED) is 0.119. The van der Waals surface area contributed by atoms with Crippen LogP contribution in [0.2, 0.25) is 0 Å². The number of fused-ring (bicyclic) bond motifs is 6. The number of aliphatic imine (C=N–C) groups is 1. The van der Waals surface area contributed by atoms with Gasteiger partial charge in [0.1, 0.15) is 17.9 Å². The van der Waals surface area contributed by atoms with E-state index in [4.69, 9.17) is 19.5 Å². The minimum Gasteiger partial charge on any atom is -0.453 e. The van der Waals surface area contributed by atoms with Crippen molar-refractivity contribution in [2.75, 3.05) is 14.2 Å². The van der Waals surface area contributed by atoms with Gasteiger partial charge in [-0.25, -0.2) is 14.6 Å². The minimum atomic E-state index is -0.680. The summed E-state index contributed by atoms with van der Waals surface area (Å²) in [5.41, 5.74) is 11.6. The third-order valence-corrected chi connectivity index (χ3v) is 15.1. The molecule has 4 fully saturated rings. The summed E-state index contributed by atoms with van der Waals surface area (Å²) < 4.78 is 9.71. The van der Waals surface area contributed by atoms with E-state index in [0.29, 0.717) is 18.3 Å². The van der Waals surface area contributed by atoms with Gasteiger partial charge in [0.25, 0.3) is 0 Å². The number of ether oxygens (including phenoxy) is 2. The van der Waals surface area contributed by atoms with Gasteiger partial charge in [-0.15, -0.1) is 0 Å². The van der Waals surface area contributed by atoms with Crippen LogP contribution in [0.25, 0.3) is 44.4 Å². The first-order valence-corrected chi connectivity index (χ1v) is 23.6. The zero-order valence-corrected chi connectivity index (χ0v) is 38.5. The van der Waals surface area contributed by atoms with Gasteiger partial charge in [0, 0.05) is 24.2 Å². The Morgan fingerprint density at radius 2 is 1.09 bits per heavy atom. The highest BCUT2D eigenvalue weighted by Gasteiger charge is 2.53. The first-order chi connectivity index (χ1) is 31.9. The number of methoxy groups -OCH3 is 2. The molecule has 0 radical (unpaired) electrons. The van der Waals surface area contributed by atoms with Gasteiger partial charge >= 0.3 is 12.2 Å². The molecule has 5 aromatic rings. The third kappa shape index (κ3) is 7.79. The Kier molecular flexibility index (Phi) is 11.4. The fourth-order valence-corrected chi connectivity index (χ4v) is 11.7. The van der Waals surface area contributed by atoms with E-state index in [9.17, 15) is 19.2 Å². The van der Waals surface area contributed by atoms with Gasteiger partial charge < -0.3 is 34.9 Å². The van der Waals surface area contributed by atoms with Crippen LogP contribution in [0.5, 0.6) is 0 Å². The molecule has 1 aromatic heterocycles. The standard InChI is InChI=1S/C53H59N7O6/c1-28(2)45(57-52(63)65-5)50(61)59-39-19-15-36(24-39)47(59)44-27-38-23-34(17-21-41(38)54-44)32-11-7-30(8-12-32)31-9-13-33(14-10-31)35-18-22-42-43(26-35)56-49(55-42)48-37-16-20-40(25-37)60(48)51(62)46(29(3)4)58-53(64)66-6/h7-14,17-18,21-23,26,28-29,36-37,39-40,45-48H,15-16,19-20,24-25,27H2,1-6H3,(H,55,56)(H,57,63)(H,58,64)/t36-,37-,39+,40+,45-,46-,47-,48-/m0/s1. The van der Waals surface area contributed by atoms with Crippen molar-refractivity contribution in [2.24, 2.45) is 28.7 Å². The number of nitrogens with zero attached hydrogens (tertiary/aromatic N) is 4. The van der Waals surface area contributed by atoms with Crippen LogP contribution in [0.15, 0.2) is 89.9 Å². The number of aromatic amines is 1. The number of alkyl carbamates (subject to hydrolysis) is 2. The molecule has 3 aliphatic heterocycles. The number of hydrogen-bond donors (Lipinski definition) is 3. The largest absolute Gasteiger partial charge is 0.453 e. The third-order valence-electron chi connectivity index (χ3n) is 15.1. The number of likely N-dealkylation sites (tertiary alicyclic amines) is 2. The number of amides is 4. The molecule has 3 N–H and O–H groups in total. The molecule has 13 heteroatoms. The molecule has 8 atom stereocenters. The Morgan fingerprint density at radius 1 is 0.621 bits per heavy atom. The van der Waals surface area contributed by atoms with E-state index in [1.54, 1.807) is 0 Å². The molecule has 2 saturated carbocycles. The predicted molar refractivity (Wildman–Crippen MR) is 254 cm³/mol. The van der Waals surface area contributed by atoms with Crippen molar-refractivity contribution in [3.05, 3.63) is 96.3 Å². The summed E-state index contributed by atoms with van der Waals surface area (Å²) in [6, 6.07) is 28.8. The normalized spacial score (nSPS) is 23.6. The van der Waals surface area contributed by atoms with Gasteiger partial charge in [-0.1, -0.05) is 88.4 Å². The minimum absolute atomic E-state index is 0.0466. The Labute approximate surface area is 385 Å². The molecule has 66 heavy (non-hydrogen) atoms. The molecule has 0 spiro atoms. The van der Waals surface area contributed by atoms with E-state index in [1.165, 1.54) is 19.8 Å². The summed E-state index contributed by atoms with van der Waals surface area (Å²) in [5, 5.41) is 5.57. The summed E-state index contributed by atoms with van der Waals surface area (Å²) in [4.78, 5) is 70.3. The average molecular weight is 890 g/mol. The molecule has 10 rings (SSSR count). The Hall–Kier alpha value is -6.50. The first-order valence-electron chi connectivity index (χ1n) is 23.6. The lowest BCUT2D eigenvalue weighted by molar-refractivity contribution is -0.139. The number of imidazole rings is 1. The van der Waals surface area contributed by atoms with Gasteiger partial charge in [0.2, 0.25) is 11.8 Å². The lowest BCUT2D eigenvalue weighted by Gasteiger charge is -2.38. The molecule has 5 aliphatic rings. The SMILES string of the molecule is COC(=O)N[C@H](C(=O)N1[C@@H]2CC[C@@H](C2)[C@H]1C1=Nc2ccc(-c3ccc(-c4ccc(-c5ccc6nc([C@@H]7[C@H]8CC[C@H](C8)N7C(=O)[C@@H](NC(=O)OC)C(C)C)[nH]c6c5)cc4)cc3)cc2C1)C(C)C. The number of aromatic nitrogens is 2. The van der Waals surface area contributed by atoms with E-state index in [0.717, 1.165) is 100 Å². The van der Waals surface area contributed by atoms with E-state index < -0.39 is 24.3 Å². The second-order valence-corrected chi connectivity index (χ2v) is 19.7. The smallest absolute Gasteiger partial charge is 0.407 e. The molecule has 4 amide bonds. The van der Waals surface area contributed by atoms with E-state index in [-0.39, 0.29) is 47.8 Å². The Balaban J connectivity index is 0.814. The Bertz CT molecular complexity index is 2730. The van der Waals surface area contributed by atoms with Crippen LogP contribution < -0.4 is 10.6 Å². The molecular weight excluding hydrogens is 831 g/mol. The van der Waals surface area contributed by atoms with Crippen molar-refractivity contribution in [3.8, 4) is 33.4 Å². The maximum Gasteiger partial charge on any atom is 0.407 e. The topological polar surface area (TPSA) is 158 Å². The van der Waals surface area contributed by atoms with Gasteiger partial charge in [-0.2, -0.15) is 0 Å². The molecular formula is C53H59N7O6. The maximum absolute atomic E-state index is 14.1. The highest BCUT2D eigenvalue weighted by Crippen LogP contribution is 2.51. The number of carbonyl (C=O) groups excluding carboxylic acids is 4. The lowest BCUT2D eigenvalue weighted by atomic mass is 9.90. The van der Waals surface area contributed by atoms with Crippen molar-refractivity contribution >= 4 is 46.4 Å². The monoisotopic (exact) mass is 889 g/mol. The van der Waals surface area contributed by atoms with E-state index in [2.05, 4.69) is 94.5 Å². The van der Waals surface area contributed by atoms with Crippen molar-refractivity contribution in [1.29, 1.82) is 0 Å². The number of nitrogens with one attached hydrogen (secondary N) is 3. The predicted octanol–water partition coefficient (Wildman–Crippen LogP) is 9.39. The molecule has 2 saturated heterocycles. The van der Waals surface area contributed by atoms with Gasteiger partial charge in [-0.05, 0) is 125 Å². The van der Waals surface area contributed by atoms with Crippen LogP contribution in [0.4, 0.5) is 15.3 Å². The van der Waals surface area contributed by atoms with Crippen LogP contribution in [0.1, 0.15) is 83.6 Å². The molecule has 13 nitrogen and oxygen atoms in total. The van der Waals surface area contributed by atoms with Crippen LogP contribution in [-0.4, -0.2) is 93.9 Å². The van der Waals surface area contributed by atoms with Crippen LogP contribution in [0.3, 0.4) is 0 Å². The van der Waals surface area contributed by atoms with Crippen molar-refractivity contribution in [3.63, 3.8) is 0 Å². The molecule has 0 unspecified atom stereocenters. The zero-order chi connectivity index (χ0) is 46.0. The summed E-state index contributed by atoms with van der Waals surface area (Å²) in [7, 11) is 2.64. The second kappa shape index (κ2) is 17.4. The Morgan fingerprint density at radius 3 is 1.62 bits per heavy atom. The van der Waals surface area contributed by atoms with E-state index in [1.807, 2.05) is 43.6 Å². The zero-order valence-electron chi connectivity index (χ0n) is 38.5. The first kappa shape index (κ1) is 43.4. The summed E-state index contributed by atoms with van der Waals surface area (Å²) in [6.45, 7) is 7.78. The summed E-state index contributed by atoms with van der Waals surface area (Å²) >= 11 is 0. The fourth-order valence-electron chi connectivity index (χ4n) is 11.7. The van der Waals surface area contributed by atoms with Crippen LogP contribution in [0, 0.1) is 23.7 Å². The van der Waals surface area contributed by atoms with Crippen LogP contribution in [-0.2, 0) is 25.5 Å². The number of rotatable bonds is 11. The number of H-pyrrole nitrogens is 1. The van der Waals surface area contributed by atoms with Crippen molar-refractivity contribution < 1.29 is 28.7 Å². The lowest BCUT2D eigenvalue weighted by Crippen LogP contribution is -2.57. The summed E-state index contributed by atoms with van der Waals surface area (Å²) in [6.07, 6.45) is 5.49. The number of benzene rings is 4. The van der Waals surface area contributed by atoms with Crippen molar-refractivity contribution in [2.45, 2.75) is 109 Å². The van der Waals surface area contributed by atoms with Crippen LogP contribution >= 0.6 is 0 Å². The molecule has 4 heterocycles. The fraction of sp³-hybridized carbons (Fsp3) is 0.434. The number of carbonyl (C=O) groups is 4. The summed E-state index contributed by atoms with van der Waals surface area (Å²) in [5.74, 6) is 1.17. The van der Waals surface area contributed by atoms with E-state index >= 15 is 0 Å². The molecule has 2 aliphatic carbocycles. The van der Waals surface area contributed by atoms with Gasteiger partial charge in [-0.3, -0.25) is 14.6 Å². The molecule has 342 valence electrons. The van der Waals surface area contributed by atoms with Gasteiger partial charge in [0.05, 0.1) is 43.0 Å². The number of hydrogen-bond acceptors (Lipinski definition) is 8. The van der Waals surface area contributed by atoms with Gasteiger partial charge in [0.15, 0.2) is 0 Å².